The number of aliphatic hydroxyl groups is 1. The first-order chi connectivity index (χ1) is 14.1. The van der Waals surface area contributed by atoms with Gasteiger partial charge in [-0.1, -0.05) is 0 Å². The third kappa shape index (κ3) is 8.66. The van der Waals surface area contributed by atoms with E-state index in [0.29, 0.717) is 24.9 Å². The summed E-state index contributed by atoms with van der Waals surface area (Å²) in [5.74, 6) is 0. The van der Waals surface area contributed by atoms with Crippen molar-refractivity contribution in [1.29, 1.82) is 0 Å². The van der Waals surface area contributed by atoms with Crippen molar-refractivity contribution in [3.63, 3.8) is 0 Å². The monoisotopic (exact) mass is 457 g/mol. The van der Waals surface area contributed by atoms with E-state index in [0.717, 1.165) is 0 Å². The van der Waals surface area contributed by atoms with Crippen LogP contribution in [0.2, 0.25) is 0 Å². The molecule has 1 amide bonds. The molecule has 31 heavy (non-hydrogen) atoms. The van der Waals surface area contributed by atoms with Crippen LogP contribution >= 0.6 is 0 Å². The first kappa shape index (κ1) is 27.2. The molecule has 1 aromatic rings. The van der Waals surface area contributed by atoms with Crippen LogP contribution in [0.15, 0.2) is 29.2 Å². The Morgan fingerprint density at radius 3 is 2.16 bits per heavy atom. The maximum Gasteiger partial charge on any atom is 0.408 e. The Bertz CT molecular complexity index is 815. The minimum atomic E-state index is -3.81. The number of ether oxygens (including phenoxy) is 1. The van der Waals surface area contributed by atoms with Gasteiger partial charge < -0.3 is 20.9 Å². The van der Waals surface area contributed by atoms with Gasteiger partial charge in [-0.05, 0) is 92.0 Å². The van der Waals surface area contributed by atoms with Crippen LogP contribution in [0.1, 0.15) is 67.7 Å². The molecule has 0 saturated carbocycles. The molecule has 0 aromatic heterocycles. The third-order valence-electron chi connectivity index (χ3n) is 4.71. The molecule has 0 unspecified atom stereocenters. The van der Waals surface area contributed by atoms with Crippen molar-refractivity contribution in [3.8, 4) is 0 Å². The second-order valence-corrected chi connectivity index (χ2v) is 11.6. The molecule has 0 aliphatic rings. The van der Waals surface area contributed by atoms with Crippen LogP contribution in [0.4, 0.5) is 10.5 Å². The molecule has 0 radical (unpaired) electrons. The zero-order chi connectivity index (χ0) is 24.0. The summed E-state index contributed by atoms with van der Waals surface area (Å²) in [5, 5.41) is 12.8. The highest BCUT2D eigenvalue weighted by Gasteiger charge is 2.34. The van der Waals surface area contributed by atoms with Gasteiger partial charge in [0, 0.05) is 23.3 Å². The van der Waals surface area contributed by atoms with Crippen LogP contribution in [0, 0.1) is 0 Å². The molecular weight excluding hydrogens is 418 g/mol. The molecular formula is C22H39N3O5S. The number of carbonyl (C=O) groups excluding carboxylic acids is 1. The van der Waals surface area contributed by atoms with E-state index in [9.17, 15) is 18.3 Å². The summed E-state index contributed by atoms with van der Waals surface area (Å²) < 4.78 is 33.1. The van der Waals surface area contributed by atoms with E-state index in [4.69, 9.17) is 10.5 Å². The van der Waals surface area contributed by atoms with Crippen LogP contribution in [-0.2, 0) is 14.8 Å². The van der Waals surface area contributed by atoms with Crippen molar-refractivity contribution in [1.82, 2.24) is 9.62 Å². The van der Waals surface area contributed by atoms with E-state index in [1.54, 1.807) is 46.8 Å². The molecule has 9 heteroatoms. The normalized spacial score (nSPS) is 14.0. The summed E-state index contributed by atoms with van der Waals surface area (Å²) in [7, 11) is -3.81. The van der Waals surface area contributed by atoms with Crippen LogP contribution in [0.5, 0.6) is 0 Å². The van der Waals surface area contributed by atoms with Gasteiger partial charge >= 0.3 is 6.09 Å². The smallest absolute Gasteiger partial charge is 0.408 e. The zero-order valence-electron chi connectivity index (χ0n) is 19.8. The highest BCUT2D eigenvalue weighted by molar-refractivity contribution is 7.89. The van der Waals surface area contributed by atoms with Gasteiger partial charge in [0.25, 0.3) is 0 Å². The van der Waals surface area contributed by atoms with Crippen molar-refractivity contribution in [2.45, 2.75) is 95.8 Å². The van der Waals surface area contributed by atoms with Gasteiger partial charge in [0.2, 0.25) is 10.0 Å². The summed E-state index contributed by atoms with van der Waals surface area (Å²) in [6.07, 6.45) is 1.15. The Morgan fingerprint density at radius 2 is 1.71 bits per heavy atom. The summed E-state index contributed by atoms with van der Waals surface area (Å²) in [6.45, 7) is 12.4. The molecule has 0 spiro atoms. The number of amides is 1. The Hall–Kier alpha value is -1.84. The minimum absolute atomic E-state index is 0.140. The number of alkyl carbamates (subject to hydrolysis) is 1. The lowest BCUT2D eigenvalue weighted by Crippen LogP contribution is -2.48. The van der Waals surface area contributed by atoms with Crippen molar-refractivity contribution in [2.75, 3.05) is 12.3 Å². The molecule has 1 rings (SSSR count). The molecule has 0 aliphatic heterocycles. The Labute approximate surface area is 187 Å². The van der Waals surface area contributed by atoms with E-state index in [1.165, 1.54) is 16.4 Å². The predicted octanol–water partition coefficient (Wildman–Crippen LogP) is 3.50. The summed E-state index contributed by atoms with van der Waals surface area (Å²) in [6, 6.07) is 5.12. The van der Waals surface area contributed by atoms with Crippen molar-refractivity contribution < 1.29 is 23.1 Å². The summed E-state index contributed by atoms with van der Waals surface area (Å²) in [5.41, 5.74) is 5.03. The van der Waals surface area contributed by atoms with Gasteiger partial charge in [-0.3, -0.25) is 0 Å². The van der Waals surface area contributed by atoms with Crippen molar-refractivity contribution in [3.05, 3.63) is 24.3 Å². The van der Waals surface area contributed by atoms with Crippen molar-refractivity contribution in [2.24, 2.45) is 0 Å². The Morgan fingerprint density at radius 1 is 1.16 bits per heavy atom. The van der Waals surface area contributed by atoms with E-state index in [1.807, 2.05) is 13.8 Å². The molecule has 0 saturated heterocycles. The lowest BCUT2D eigenvalue weighted by Gasteiger charge is -2.34. The van der Waals surface area contributed by atoms with Gasteiger partial charge in [0.1, 0.15) is 5.60 Å². The van der Waals surface area contributed by atoms with Crippen LogP contribution in [0.25, 0.3) is 0 Å². The van der Waals surface area contributed by atoms with E-state index in [2.05, 4.69) is 5.32 Å². The first-order valence-electron chi connectivity index (χ1n) is 10.6. The standard InChI is InChI=1S/C22H39N3O5S/c1-16(2)25(31(28,29)19-12-10-17(23)11-13-19)18(15-26)9-8-14-22(6,7)24-20(27)30-21(3,4)5/h10-13,16,18,26H,8-9,14-15,23H2,1-7H3,(H,24,27)/t18-/m0/s1. The van der Waals surface area contributed by atoms with Crippen LogP contribution < -0.4 is 11.1 Å². The zero-order valence-corrected chi connectivity index (χ0v) is 20.6. The molecule has 8 nitrogen and oxygen atoms in total. The SMILES string of the molecule is CC(C)N([C@H](CO)CCCC(C)(C)NC(=O)OC(C)(C)C)S(=O)(=O)c1ccc(N)cc1. The van der Waals surface area contributed by atoms with E-state index >= 15 is 0 Å². The van der Waals surface area contributed by atoms with Crippen LogP contribution in [0.3, 0.4) is 0 Å². The molecule has 0 bridgehead atoms. The van der Waals surface area contributed by atoms with E-state index in [-0.39, 0.29) is 17.5 Å². The number of carbonyl (C=O) groups is 1. The molecule has 178 valence electrons. The maximum absolute atomic E-state index is 13.2. The number of nitrogens with zero attached hydrogens (tertiary/aromatic N) is 1. The highest BCUT2D eigenvalue weighted by atomic mass is 32.2. The van der Waals surface area contributed by atoms with Gasteiger partial charge in [-0.15, -0.1) is 0 Å². The largest absolute Gasteiger partial charge is 0.444 e. The number of nitrogens with two attached hydrogens (primary N) is 1. The topological polar surface area (TPSA) is 122 Å². The molecule has 1 aromatic carbocycles. The fourth-order valence-electron chi connectivity index (χ4n) is 3.38. The Kier molecular flexibility index (Phi) is 9.34. The fourth-order valence-corrected chi connectivity index (χ4v) is 5.22. The van der Waals surface area contributed by atoms with Crippen LogP contribution in [-0.4, -0.2) is 53.8 Å². The minimum Gasteiger partial charge on any atom is -0.444 e. The van der Waals surface area contributed by atoms with Gasteiger partial charge in [-0.2, -0.15) is 4.31 Å². The number of anilines is 1. The number of rotatable bonds is 10. The van der Waals surface area contributed by atoms with E-state index < -0.39 is 33.3 Å². The highest BCUT2D eigenvalue weighted by Crippen LogP contribution is 2.25. The number of benzene rings is 1. The number of nitrogens with one attached hydrogen (secondary N) is 1. The number of nitrogen functional groups attached to an aromatic ring is 1. The van der Waals surface area contributed by atoms with Gasteiger partial charge in [0.05, 0.1) is 11.5 Å². The molecule has 4 N–H and O–H groups in total. The fraction of sp³-hybridized carbons (Fsp3) is 0.682. The average Bonchev–Trinajstić information content (AvgIpc) is 2.58. The average molecular weight is 458 g/mol. The number of aliphatic hydroxyl groups excluding tert-OH is 1. The van der Waals surface area contributed by atoms with Crippen molar-refractivity contribution >= 4 is 21.8 Å². The lowest BCUT2D eigenvalue weighted by atomic mass is 9.95. The van der Waals surface area contributed by atoms with Gasteiger partial charge in [0.15, 0.2) is 0 Å². The molecule has 0 heterocycles. The quantitative estimate of drug-likeness (QED) is 0.462. The molecule has 0 fully saturated rings. The maximum atomic E-state index is 13.2. The summed E-state index contributed by atoms with van der Waals surface area (Å²) >= 11 is 0. The Balaban J connectivity index is 2.86. The molecule has 0 aliphatic carbocycles. The number of hydrogen-bond acceptors (Lipinski definition) is 6. The second kappa shape index (κ2) is 10.7. The lowest BCUT2D eigenvalue weighted by molar-refractivity contribution is 0.0465. The third-order valence-corrected chi connectivity index (χ3v) is 6.86. The number of hydrogen-bond donors (Lipinski definition) is 3. The molecule has 1 atom stereocenters. The summed E-state index contributed by atoms with van der Waals surface area (Å²) in [4.78, 5) is 12.2. The second-order valence-electron chi connectivity index (χ2n) is 9.74. The van der Waals surface area contributed by atoms with Gasteiger partial charge in [-0.25, -0.2) is 13.2 Å². The number of sulfonamides is 1. The first-order valence-corrected chi connectivity index (χ1v) is 12.0. The predicted molar refractivity (Wildman–Crippen MR) is 123 cm³/mol.